The van der Waals surface area contributed by atoms with Gasteiger partial charge in [-0.15, -0.1) is 10.2 Å². The lowest BCUT2D eigenvalue weighted by atomic mass is 10.1. The zero-order chi connectivity index (χ0) is 26.9. The summed E-state index contributed by atoms with van der Waals surface area (Å²) in [7, 11) is 0. The number of fused-ring (bicyclic) bond motifs is 1. The summed E-state index contributed by atoms with van der Waals surface area (Å²) in [6.07, 6.45) is 4.64. The Kier molecular flexibility index (Phi) is 6.66. The molecule has 198 valence electrons. The number of carbonyl (C=O) groups is 1. The highest BCUT2D eigenvalue weighted by molar-refractivity contribution is 6.06. The van der Waals surface area contributed by atoms with Gasteiger partial charge in [0.25, 0.3) is 5.91 Å². The van der Waals surface area contributed by atoms with E-state index in [0.29, 0.717) is 17.3 Å². The van der Waals surface area contributed by atoms with Crippen molar-refractivity contribution in [1.29, 1.82) is 0 Å². The lowest BCUT2D eigenvalue weighted by molar-refractivity contribution is 0.102. The quantitative estimate of drug-likeness (QED) is 0.295. The van der Waals surface area contributed by atoms with Crippen molar-refractivity contribution < 1.29 is 9.18 Å². The highest BCUT2D eigenvalue weighted by Crippen LogP contribution is 2.30. The standard InChI is InChI=1S/C30H30FN7O/c1-20(2)38-19-32-35-29(38)26-9-6-10-28(33-26)34-30(39)24-16-27-22(15-25(24)31)11-14-37(27)23-12-13-36(18-23)17-21-7-4-3-5-8-21/h3-11,14-16,19-20,23H,12-13,17-18H2,1-2H3,(H,33,34,39). The Morgan fingerprint density at radius 1 is 1.10 bits per heavy atom. The first-order valence-electron chi connectivity index (χ1n) is 13.2. The van der Waals surface area contributed by atoms with Gasteiger partial charge in [0.15, 0.2) is 5.82 Å². The van der Waals surface area contributed by atoms with Crippen LogP contribution in [0.3, 0.4) is 0 Å². The van der Waals surface area contributed by atoms with Crippen LogP contribution in [0.1, 0.15) is 48.3 Å². The number of rotatable bonds is 7. The van der Waals surface area contributed by atoms with Crippen LogP contribution in [0.25, 0.3) is 22.4 Å². The van der Waals surface area contributed by atoms with Crippen LogP contribution in [-0.4, -0.2) is 48.2 Å². The summed E-state index contributed by atoms with van der Waals surface area (Å²) in [5, 5.41) is 11.7. The van der Waals surface area contributed by atoms with Crippen LogP contribution in [0.5, 0.6) is 0 Å². The third kappa shape index (κ3) is 5.05. The summed E-state index contributed by atoms with van der Waals surface area (Å²) >= 11 is 0. The van der Waals surface area contributed by atoms with Crippen LogP contribution in [0.4, 0.5) is 10.2 Å². The van der Waals surface area contributed by atoms with E-state index in [-0.39, 0.29) is 17.6 Å². The van der Waals surface area contributed by atoms with Crippen LogP contribution >= 0.6 is 0 Å². The van der Waals surface area contributed by atoms with Crippen molar-refractivity contribution in [2.45, 2.75) is 38.9 Å². The van der Waals surface area contributed by atoms with E-state index in [0.717, 1.165) is 37.0 Å². The Hall–Kier alpha value is -4.37. The average molecular weight is 524 g/mol. The third-order valence-electron chi connectivity index (χ3n) is 7.29. The van der Waals surface area contributed by atoms with Crippen LogP contribution in [0.2, 0.25) is 0 Å². The van der Waals surface area contributed by atoms with Crippen molar-refractivity contribution >= 4 is 22.6 Å². The predicted octanol–water partition coefficient (Wildman–Crippen LogP) is 5.71. The molecule has 0 saturated carbocycles. The largest absolute Gasteiger partial charge is 0.343 e. The summed E-state index contributed by atoms with van der Waals surface area (Å²) in [6, 6.07) is 21.1. The Bertz CT molecular complexity index is 1630. The molecule has 6 rings (SSSR count). The van der Waals surface area contributed by atoms with E-state index in [9.17, 15) is 4.79 Å². The molecule has 0 aliphatic carbocycles. The molecule has 0 radical (unpaired) electrons. The first kappa shape index (κ1) is 24.9. The smallest absolute Gasteiger partial charge is 0.259 e. The lowest BCUT2D eigenvalue weighted by Crippen LogP contribution is -2.21. The molecular weight excluding hydrogens is 493 g/mol. The Balaban J connectivity index is 1.22. The normalized spacial score (nSPS) is 15.8. The van der Waals surface area contributed by atoms with Crippen molar-refractivity contribution in [3.05, 3.63) is 96.2 Å². The molecule has 1 N–H and O–H groups in total. The molecule has 4 heterocycles. The topological polar surface area (TPSA) is 80.9 Å². The first-order chi connectivity index (χ1) is 19.0. The number of hydrogen-bond donors (Lipinski definition) is 1. The van der Waals surface area contributed by atoms with Crippen molar-refractivity contribution in [2.75, 3.05) is 18.4 Å². The van der Waals surface area contributed by atoms with E-state index in [1.54, 1.807) is 30.6 Å². The van der Waals surface area contributed by atoms with Crippen molar-refractivity contribution in [3.63, 3.8) is 0 Å². The van der Waals surface area contributed by atoms with E-state index in [4.69, 9.17) is 0 Å². The van der Waals surface area contributed by atoms with Gasteiger partial charge in [0, 0.05) is 48.8 Å². The summed E-state index contributed by atoms with van der Waals surface area (Å²) in [5.41, 5.74) is 2.70. The van der Waals surface area contributed by atoms with E-state index in [1.807, 2.05) is 36.7 Å². The van der Waals surface area contributed by atoms with Gasteiger partial charge in [-0.05, 0) is 56.2 Å². The number of pyridine rings is 1. The molecule has 1 fully saturated rings. The van der Waals surface area contributed by atoms with Crippen LogP contribution in [0, 0.1) is 5.82 Å². The van der Waals surface area contributed by atoms with Crippen LogP contribution in [-0.2, 0) is 6.54 Å². The molecule has 1 aliphatic rings. The Labute approximate surface area is 226 Å². The first-order valence-corrected chi connectivity index (χ1v) is 13.2. The molecule has 5 aromatic rings. The number of benzene rings is 2. The van der Waals surface area contributed by atoms with Crippen molar-refractivity contribution in [3.8, 4) is 11.5 Å². The van der Waals surface area contributed by atoms with Gasteiger partial charge in [0.1, 0.15) is 23.7 Å². The average Bonchev–Trinajstić information content (AvgIpc) is 3.68. The number of aromatic nitrogens is 5. The number of nitrogens with one attached hydrogen (secondary N) is 1. The lowest BCUT2D eigenvalue weighted by Gasteiger charge is -2.18. The summed E-state index contributed by atoms with van der Waals surface area (Å²) in [4.78, 5) is 20.2. The maximum absolute atomic E-state index is 15.1. The molecule has 39 heavy (non-hydrogen) atoms. The summed E-state index contributed by atoms with van der Waals surface area (Å²) in [5.74, 6) is -0.192. The molecule has 8 nitrogen and oxygen atoms in total. The fraction of sp³-hybridized carbons (Fsp3) is 0.267. The molecule has 1 unspecified atom stereocenters. The van der Waals surface area contributed by atoms with Gasteiger partial charge in [-0.1, -0.05) is 36.4 Å². The number of nitrogens with zero attached hydrogens (tertiary/aromatic N) is 6. The van der Waals surface area contributed by atoms with Gasteiger partial charge in [-0.25, -0.2) is 9.37 Å². The second kappa shape index (κ2) is 10.4. The van der Waals surface area contributed by atoms with Crippen molar-refractivity contribution in [1.82, 2.24) is 29.2 Å². The van der Waals surface area contributed by atoms with Crippen LogP contribution in [0.15, 0.2) is 79.3 Å². The molecule has 3 aromatic heterocycles. The maximum Gasteiger partial charge on any atom is 0.259 e. The molecule has 1 aliphatic heterocycles. The maximum atomic E-state index is 15.1. The minimum atomic E-state index is -0.564. The van der Waals surface area contributed by atoms with Gasteiger partial charge >= 0.3 is 0 Å². The molecule has 0 spiro atoms. The monoisotopic (exact) mass is 523 g/mol. The fourth-order valence-corrected chi connectivity index (χ4v) is 5.31. The molecule has 1 amide bonds. The molecule has 1 saturated heterocycles. The highest BCUT2D eigenvalue weighted by Gasteiger charge is 2.25. The SMILES string of the molecule is CC(C)n1cnnc1-c1cccc(NC(=O)c2cc3c(ccn3C3CCN(Cc4ccccc4)C3)cc2F)n1. The molecule has 9 heteroatoms. The molecular formula is C30H30FN7O. The Morgan fingerprint density at radius 3 is 2.77 bits per heavy atom. The number of anilines is 1. The molecule has 1 atom stereocenters. The van der Waals surface area contributed by atoms with E-state index in [1.165, 1.54) is 11.6 Å². The number of halogens is 1. The van der Waals surface area contributed by atoms with Gasteiger partial charge in [-0.3, -0.25) is 9.69 Å². The van der Waals surface area contributed by atoms with Gasteiger partial charge < -0.3 is 14.5 Å². The van der Waals surface area contributed by atoms with Crippen LogP contribution < -0.4 is 5.32 Å². The van der Waals surface area contributed by atoms with E-state index in [2.05, 4.69) is 54.2 Å². The third-order valence-corrected chi connectivity index (χ3v) is 7.29. The summed E-state index contributed by atoms with van der Waals surface area (Å²) < 4.78 is 19.2. The minimum Gasteiger partial charge on any atom is -0.343 e. The van der Waals surface area contributed by atoms with Gasteiger partial charge in [0.2, 0.25) is 0 Å². The van der Waals surface area contributed by atoms with E-state index >= 15 is 4.39 Å². The highest BCUT2D eigenvalue weighted by atomic mass is 19.1. The van der Waals surface area contributed by atoms with Gasteiger partial charge in [0.05, 0.1) is 5.56 Å². The zero-order valence-electron chi connectivity index (χ0n) is 22.0. The summed E-state index contributed by atoms with van der Waals surface area (Å²) in [6.45, 7) is 6.84. The second-order valence-corrected chi connectivity index (χ2v) is 10.3. The molecule has 0 bridgehead atoms. The van der Waals surface area contributed by atoms with Gasteiger partial charge in [-0.2, -0.15) is 0 Å². The zero-order valence-corrected chi connectivity index (χ0v) is 22.0. The number of amides is 1. The number of likely N-dealkylation sites (tertiary alicyclic amines) is 1. The number of carbonyl (C=O) groups excluding carboxylic acids is 1. The second-order valence-electron chi connectivity index (χ2n) is 10.3. The number of hydrogen-bond acceptors (Lipinski definition) is 5. The predicted molar refractivity (Wildman–Crippen MR) is 149 cm³/mol. The van der Waals surface area contributed by atoms with Crippen molar-refractivity contribution in [2.24, 2.45) is 0 Å². The Morgan fingerprint density at radius 2 is 1.95 bits per heavy atom. The fourth-order valence-electron chi connectivity index (χ4n) is 5.31. The molecule has 2 aromatic carbocycles. The minimum absolute atomic E-state index is 0.0147. The van der Waals surface area contributed by atoms with E-state index < -0.39 is 11.7 Å².